The van der Waals surface area contributed by atoms with Crippen molar-refractivity contribution >= 4 is 34.1 Å². The molecular weight excluding hydrogens is 300 g/mol. The van der Waals surface area contributed by atoms with Crippen LogP contribution in [0.25, 0.3) is 10.9 Å². The van der Waals surface area contributed by atoms with Crippen molar-refractivity contribution in [2.75, 3.05) is 11.9 Å². The molecule has 1 N–H and O–H groups in total. The number of aromatic nitrogens is 1. The monoisotopic (exact) mass is 312 g/mol. The fraction of sp³-hybridized carbons (Fsp3) is 0.0588. The number of benzene rings is 2. The summed E-state index contributed by atoms with van der Waals surface area (Å²) in [5, 5.41) is 4.44. The highest BCUT2D eigenvalue weighted by molar-refractivity contribution is 6.30. The van der Waals surface area contributed by atoms with Gasteiger partial charge in [-0.2, -0.15) is 0 Å². The number of carbonyl (C=O) groups is 1. The highest BCUT2D eigenvalue weighted by Crippen LogP contribution is 2.17. The topological polar surface area (TPSA) is 51.2 Å². The van der Waals surface area contributed by atoms with Crippen LogP contribution in [0, 0.1) is 0 Å². The molecule has 0 aliphatic heterocycles. The molecule has 0 saturated heterocycles. The number of carbonyl (C=O) groups excluding carboxylic acids is 1. The maximum Gasteiger partial charge on any atom is 0.262 e. The summed E-state index contributed by atoms with van der Waals surface area (Å²) in [6.45, 7) is -0.0676. The highest BCUT2D eigenvalue weighted by atomic mass is 35.5. The first-order valence-corrected chi connectivity index (χ1v) is 7.11. The summed E-state index contributed by atoms with van der Waals surface area (Å²) < 4.78 is 5.40. The minimum atomic E-state index is -0.231. The summed E-state index contributed by atoms with van der Waals surface area (Å²) in [6, 6.07) is 16.3. The molecule has 3 aromatic rings. The standard InChI is InChI=1S/C17H13ClN2O2/c18-13-4-7-15(8-5-13)22-11-17(21)20-14-6-3-12-2-1-9-19-16(12)10-14/h1-10H,11H2,(H,20,21). The van der Waals surface area contributed by atoms with Gasteiger partial charge >= 0.3 is 0 Å². The van der Waals surface area contributed by atoms with E-state index in [1.165, 1.54) is 0 Å². The zero-order chi connectivity index (χ0) is 15.4. The molecular formula is C17H13ClN2O2. The van der Waals surface area contributed by atoms with Gasteiger partial charge in [0.2, 0.25) is 0 Å². The summed E-state index contributed by atoms with van der Waals surface area (Å²) in [4.78, 5) is 16.2. The van der Waals surface area contributed by atoms with Crippen LogP contribution in [0.4, 0.5) is 5.69 Å². The number of pyridine rings is 1. The van der Waals surface area contributed by atoms with Gasteiger partial charge in [0.15, 0.2) is 6.61 Å². The molecule has 0 spiro atoms. The van der Waals surface area contributed by atoms with Gasteiger partial charge in [-0.1, -0.05) is 23.7 Å². The first-order chi connectivity index (χ1) is 10.7. The normalized spacial score (nSPS) is 10.4. The Labute approximate surface area is 132 Å². The number of rotatable bonds is 4. The van der Waals surface area contributed by atoms with Crippen molar-refractivity contribution in [3.8, 4) is 5.75 Å². The second-order valence-corrected chi connectivity index (χ2v) is 5.14. The second kappa shape index (κ2) is 6.45. The third kappa shape index (κ3) is 3.54. The van der Waals surface area contributed by atoms with Gasteiger partial charge in [0.05, 0.1) is 5.52 Å². The predicted octanol–water partition coefficient (Wildman–Crippen LogP) is 3.91. The molecule has 0 unspecified atom stereocenters. The molecule has 1 heterocycles. The molecule has 0 radical (unpaired) electrons. The zero-order valence-electron chi connectivity index (χ0n) is 11.6. The molecule has 0 atom stereocenters. The van der Waals surface area contributed by atoms with Crippen molar-refractivity contribution < 1.29 is 9.53 Å². The van der Waals surface area contributed by atoms with E-state index in [0.717, 1.165) is 10.9 Å². The Balaban J connectivity index is 1.61. The SMILES string of the molecule is O=C(COc1ccc(Cl)cc1)Nc1ccc2cccnc2c1. The van der Waals surface area contributed by atoms with Gasteiger partial charge in [0.1, 0.15) is 5.75 Å². The van der Waals surface area contributed by atoms with Crippen LogP contribution >= 0.6 is 11.6 Å². The molecule has 1 amide bonds. The van der Waals surface area contributed by atoms with Crippen molar-refractivity contribution in [3.05, 3.63) is 65.8 Å². The smallest absolute Gasteiger partial charge is 0.262 e. The van der Waals surface area contributed by atoms with Gasteiger partial charge in [0.25, 0.3) is 5.91 Å². The molecule has 0 aliphatic rings. The molecule has 1 aromatic heterocycles. The van der Waals surface area contributed by atoms with Crippen LogP contribution in [-0.2, 0) is 4.79 Å². The van der Waals surface area contributed by atoms with E-state index in [2.05, 4.69) is 10.3 Å². The summed E-state index contributed by atoms with van der Waals surface area (Å²) in [5.41, 5.74) is 1.52. The van der Waals surface area contributed by atoms with E-state index in [4.69, 9.17) is 16.3 Å². The third-order valence-corrected chi connectivity index (χ3v) is 3.33. The Morgan fingerprint density at radius 2 is 1.95 bits per heavy atom. The minimum absolute atomic E-state index is 0.0676. The van der Waals surface area contributed by atoms with E-state index < -0.39 is 0 Å². The Bertz CT molecular complexity index is 803. The average Bonchev–Trinajstić information content (AvgIpc) is 2.54. The number of hydrogen-bond donors (Lipinski definition) is 1. The van der Waals surface area contributed by atoms with E-state index in [1.807, 2.05) is 30.3 Å². The molecule has 110 valence electrons. The number of anilines is 1. The first-order valence-electron chi connectivity index (χ1n) is 6.74. The third-order valence-electron chi connectivity index (χ3n) is 3.07. The van der Waals surface area contributed by atoms with Crippen LogP contribution in [0.2, 0.25) is 5.02 Å². The summed E-state index contributed by atoms with van der Waals surface area (Å²) >= 11 is 5.79. The first kappa shape index (κ1) is 14.4. The fourth-order valence-electron chi connectivity index (χ4n) is 2.02. The number of fused-ring (bicyclic) bond motifs is 1. The van der Waals surface area contributed by atoms with Gasteiger partial charge in [-0.15, -0.1) is 0 Å². The van der Waals surface area contributed by atoms with Gasteiger partial charge in [0, 0.05) is 22.3 Å². The molecule has 3 rings (SSSR count). The van der Waals surface area contributed by atoms with Crippen molar-refractivity contribution in [3.63, 3.8) is 0 Å². The van der Waals surface area contributed by atoms with Gasteiger partial charge in [-0.05, 0) is 42.5 Å². The largest absolute Gasteiger partial charge is 0.484 e. The molecule has 4 nitrogen and oxygen atoms in total. The van der Waals surface area contributed by atoms with Crippen LogP contribution in [0.5, 0.6) is 5.75 Å². The van der Waals surface area contributed by atoms with Crippen LogP contribution in [0.3, 0.4) is 0 Å². The summed E-state index contributed by atoms with van der Waals surface area (Å²) in [6.07, 6.45) is 1.72. The van der Waals surface area contributed by atoms with Crippen molar-refractivity contribution in [2.24, 2.45) is 0 Å². The highest BCUT2D eigenvalue weighted by Gasteiger charge is 2.05. The van der Waals surface area contributed by atoms with E-state index in [9.17, 15) is 4.79 Å². The average molecular weight is 313 g/mol. The molecule has 0 bridgehead atoms. The summed E-state index contributed by atoms with van der Waals surface area (Å²) in [7, 11) is 0. The lowest BCUT2D eigenvalue weighted by atomic mass is 10.2. The predicted molar refractivity (Wildman–Crippen MR) is 87.3 cm³/mol. The maximum atomic E-state index is 11.9. The van der Waals surface area contributed by atoms with E-state index in [0.29, 0.717) is 16.5 Å². The molecule has 5 heteroatoms. The van der Waals surface area contributed by atoms with Crippen LogP contribution < -0.4 is 10.1 Å². The fourth-order valence-corrected chi connectivity index (χ4v) is 2.15. The lowest BCUT2D eigenvalue weighted by Gasteiger charge is -2.08. The van der Waals surface area contributed by atoms with Gasteiger partial charge in [-0.25, -0.2) is 0 Å². The molecule has 2 aromatic carbocycles. The van der Waals surface area contributed by atoms with Gasteiger partial charge < -0.3 is 10.1 Å². The van der Waals surface area contributed by atoms with E-state index >= 15 is 0 Å². The number of nitrogens with one attached hydrogen (secondary N) is 1. The number of nitrogens with zero attached hydrogens (tertiary/aromatic N) is 1. The van der Waals surface area contributed by atoms with Crippen molar-refractivity contribution in [1.82, 2.24) is 4.98 Å². The van der Waals surface area contributed by atoms with Crippen molar-refractivity contribution in [1.29, 1.82) is 0 Å². The van der Waals surface area contributed by atoms with E-state index in [-0.39, 0.29) is 12.5 Å². The van der Waals surface area contributed by atoms with Gasteiger partial charge in [-0.3, -0.25) is 9.78 Å². The minimum Gasteiger partial charge on any atom is -0.484 e. The maximum absolute atomic E-state index is 11.9. The number of ether oxygens (including phenoxy) is 1. The Hall–Kier alpha value is -2.59. The second-order valence-electron chi connectivity index (χ2n) is 4.70. The molecule has 0 aliphatic carbocycles. The number of hydrogen-bond acceptors (Lipinski definition) is 3. The lowest BCUT2D eigenvalue weighted by molar-refractivity contribution is -0.118. The van der Waals surface area contributed by atoms with Crippen LogP contribution in [0.1, 0.15) is 0 Å². The molecule has 0 saturated carbocycles. The van der Waals surface area contributed by atoms with Crippen LogP contribution in [-0.4, -0.2) is 17.5 Å². The zero-order valence-corrected chi connectivity index (χ0v) is 12.4. The summed E-state index contributed by atoms with van der Waals surface area (Å²) in [5.74, 6) is 0.366. The Morgan fingerprint density at radius 3 is 2.77 bits per heavy atom. The lowest BCUT2D eigenvalue weighted by Crippen LogP contribution is -2.20. The van der Waals surface area contributed by atoms with E-state index in [1.54, 1.807) is 30.5 Å². The number of halogens is 1. The van der Waals surface area contributed by atoms with Crippen LogP contribution in [0.15, 0.2) is 60.8 Å². The Kier molecular flexibility index (Phi) is 4.21. The number of amides is 1. The van der Waals surface area contributed by atoms with Crippen molar-refractivity contribution in [2.45, 2.75) is 0 Å². The molecule has 0 fully saturated rings. The Morgan fingerprint density at radius 1 is 1.14 bits per heavy atom. The quantitative estimate of drug-likeness (QED) is 0.794. The molecule has 22 heavy (non-hydrogen) atoms.